The van der Waals surface area contributed by atoms with Gasteiger partial charge in [-0.15, -0.1) is 0 Å². The van der Waals surface area contributed by atoms with Crippen LogP contribution in [0.4, 0.5) is 17.3 Å². The van der Waals surface area contributed by atoms with Crippen molar-refractivity contribution in [3.05, 3.63) is 30.3 Å². The van der Waals surface area contributed by atoms with Crippen LogP contribution in [0.5, 0.6) is 0 Å². The summed E-state index contributed by atoms with van der Waals surface area (Å²) in [5.74, 6) is -1.29. The van der Waals surface area contributed by atoms with Crippen molar-refractivity contribution in [3.63, 3.8) is 0 Å². The Balaban J connectivity index is 0.00000112. The maximum atomic E-state index is 12.9. The normalized spacial score (nSPS) is 11.5. The Morgan fingerprint density at radius 2 is 1.73 bits per heavy atom. The summed E-state index contributed by atoms with van der Waals surface area (Å²) in [4.78, 5) is 0. The second-order valence-corrected chi connectivity index (χ2v) is 2.87. The maximum Gasteiger partial charge on any atom is 1.00 e. The van der Waals surface area contributed by atoms with Crippen LogP contribution in [0.1, 0.15) is 0 Å². The monoisotopic (exact) mass is 242 g/mol. The molecule has 1 nitrogen and oxygen atoms in total. The standard InChI is InChI=1S/C8H4BF4O.K/c10-6-2-1-5-3-4-14-8(5)7(6)9(11,12)13;/h1-4H;/q-1;+1. The fraction of sp³-hybridized carbons (Fsp3) is 0. The van der Waals surface area contributed by atoms with Gasteiger partial charge in [-0.2, -0.15) is 0 Å². The van der Waals surface area contributed by atoms with Gasteiger partial charge in [0.25, 0.3) is 0 Å². The Labute approximate surface area is 125 Å². The molecule has 2 rings (SSSR count). The van der Waals surface area contributed by atoms with Crippen molar-refractivity contribution >= 4 is 23.4 Å². The average molecular weight is 242 g/mol. The van der Waals surface area contributed by atoms with Crippen molar-refractivity contribution in [1.82, 2.24) is 0 Å². The van der Waals surface area contributed by atoms with E-state index < -0.39 is 23.8 Å². The molecule has 7 heteroatoms. The molecule has 0 aliphatic rings. The van der Waals surface area contributed by atoms with Crippen molar-refractivity contribution in [2.45, 2.75) is 0 Å². The van der Waals surface area contributed by atoms with E-state index in [1.807, 2.05) is 0 Å². The molecule has 0 aliphatic carbocycles. The first-order chi connectivity index (χ1) is 6.50. The van der Waals surface area contributed by atoms with Crippen LogP contribution in [0.15, 0.2) is 28.9 Å². The van der Waals surface area contributed by atoms with Gasteiger partial charge in [0.2, 0.25) is 0 Å². The molecule has 15 heavy (non-hydrogen) atoms. The van der Waals surface area contributed by atoms with Gasteiger partial charge in [0, 0.05) is 5.39 Å². The Bertz CT molecular complexity index is 479. The van der Waals surface area contributed by atoms with Crippen LogP contribution in [0.25, 0.3) is 11.0 Å². The maximum absolute atomic E-state index is 12.9. The fourth-order valence-electron chi connectivity index (χ4n) is 1.34. The minimum absolute atomic E-state index is 0. The van der Waals surface area contributed by atoms with E-state index >= 15 is 0 Å². The van der Waals surface area contributed by atoms with Gasteiger partial charge in [-0.05, 0) is 23.7 Å². The molecule has 0 spiro atoms. The number of rotatable bonds is 1. The molecule has 74 valence electrons. The molecular formula is C8H4BF4KO. The van der Waals surface area contributed by atoms with Crippen molar-refractivity contribution < 1.29 is 73.1 Å². The Kier molecular flexibility index (Phi) is 4.05. The van der Waals surface area contributed by atoms with Gasteiger partial charge < -0.3 is 17.4 Å². The van der Waals surface area contributed by atoms with Gasteiger partial charge in [0.05, 0.1) is 12.1 Å². The van der Waals surface area contributed by atoms with E-state index in [4.69, 9.17) is 0 Å². The van der Waals surface area contributed by atoms with Gasteiger partial charge in [-0.1, -0.05) is 0 Å². The first kappa shape index (κ1) is 13.2. The minimum Gasteiger partial charge on any atom is -0.467 e. The summed E-state index contributed by atoms with van der Waals surface area (Å²) in [5.41, 5.74) is -1.72. The summed E-state index contributed by atoms with van der Waals surface area (Å²) < 4.78 is 54.8. The number of hydrogen-bond donors (Lipinski definition) is 0. The average Bonchev–Trinajstić information content (AvgIpc) is 2.48. The van der Waals surface area contributed by atoms with Crippen LogP contribution in [0, 0.1) is 5.82 Å². The summed E-state index contributed by atoms with van der Waals surface area (Å²) in [5, 5.41) is 0.251. The second kappa shape index (κ2) is 4.59. The molecule has 0 unspecified atom stereocenters. The SMILES string of the molecule is Fc1ccc2ccoc2c1[B-](F)(F)F.[K+]. The zero-order valence-corrected chi connectivity index (χ0v) is 10.9. The summed E-state index contributed by atoms with van der Waals surface area (Å²) >= 11 is 0. The fourth-order valence-corrected chi connectivity index (χ4v) is 1.34. The Hall–Kier alpha value is 0.181. The quantitative estimate of drug-likeness (QED) is 0.491. The zero-order valence-electron chi connectivity index (χ0n) is 7.81. The Morgan fingerprint density at radius 1 is 1.07 bits per heavy atom. The van der Waals surface area contributed by atoms with Crippen LogP contribution >= 0.6 is 0 Å². The van der Waals surface area contributed by atoms with Gasteiger partial charge >= 0.3 is 58.4 Å². The van der Waals surface area contributed by atoms with E-state index in [-0.39, 0.29) is 56.8 Å². The predicted molar refractivity (Wildman–Crippen MR) is 44.9 cm³/mol. The summed E-state index contributed by atoms with van der Waals surface area (Å²) in [7, 11) is 0. The van der Waals surface area contributed by atoms with Crippen molar-refractivity contribution in [2.75, 3.05) is 0 Å². The van der Waals surface area contributed by atoms with Crippen LogP contribution in [0.3, 0.4) is 0 Å². The van der Waals surface area contributed by atoms with Crippen LogP contribution in [-0.4, -0.2) is 6.98 Å². The molecule has 1 aromatic carbocycles. The van der Waals surface area contributed by atoms with Gasteiger partial charge in [-0.25, -0.2) is 4.39 Å². The second-order valence-electron chi connectivity index (χ2n) is 2.87. The van der Waals surface area contributed by atoms with Gasteiger partial charge in [-0.3, -0.25) is 0 Å². The van der Waals surface area contributed by atoms with Crippen molar-refractivity contribution in [3.8, 4) is 0 Å². The van der Waals surface area contributed by atoms with Crippen LogP contribution in [0.2, 0.25) is 0 Å². The molecule has 0 saturated carbocycles. The summed E-state index contributed by atoms with van der Waals surface area (Å²) in [6, 6.07) is 3.40. The molecule has 0 amide bonds. The third-order valence-corrected chi connectivity index (χ3v) is 1.93. The predicted octanol–water partition coefficient (Wildman–Crippen LogP) is -0.370. The number of fused-ring (bicyclic) bond motifs is 1. The smallest absolute Gasteiger partial charge is 0.467 e. The molecule has 1 aromatic heterocycles. The van der Waals surface area contributed by atoms with E-state index in [0.29, 0.717) is 0 Å². The third-order valence-electron chi connectivity index (χ3n) is 1.93. The van der Waals surface area contributed by atoms with Crippen LogP contribution in [-0.2, 0) is 0 Å². The molecule has 0 atom stereocenters. The number of benzene rings is 1. The molecule has 0 radical (unpaired) electrons. The third kappa shape index (κ3) is 2.47. The van der Waals surface area contributed by atoms with Gasteiger partial charge in [0.1, 0.15) is 5.58 Å². The van der Waals surface area contributed by atoms with Gasteiger partial charge in [0.15, 0.2) is 0 Å². The van der Waals surface area contributed by atoms with E-state index in [9.17, 15) is 17.3 Å². The first-order valence-electron chi connectivity index (χ1n) is 3.85. The molecule has 0 aliphatic heterocycles. The van der Waals surface area contributed by atoms with Crippen molar-refractivity contribution in [1.29, 1.82) is 0 Å². The molecular weight excluding hydrogens is 238 g/mol. The number of halogens is 4. The first-order valence-corrected chi connectivity index (χ1v) is 3.85. The summed E-state index contributed by atoms with van der Waals surface area (Å²) in [6.07, 6.45) is 1.11. The van der Waals surface area contributed by atoms with E-state index in [0.717, 1.165) is 12.3 Å². The zero-order chi connectivity index (χ0) is 10.3. The largest absolute Gasteiger partial charge is 1.00 e. The topological polar surface area (TPSA) is 13.1 Å². The molecule has 0 fully saturated rings. The van der Waals surface area contributed by atoms with E-state index in [2.05, 4.69) is 4.42 Å². The molecule has 0 bridgehead atoms. The summed E-state index contributed by atoms with van der Waals surface area (Å²) in [6.45, 7) is -5.38. The minimum atomic E-state index is -5.38. The molecule has 0 N–H and O–H groups in total. The van der Waals surface area contributed by atoms with Crippen LogP contribution < -0.4 is 56.8 Å². The Morgan fingerprint density at radius 3 is 2.33 bits per heavy atom. The van der Waals surface area contributed by atoms with E-state index in [1.54, 1.807) is 0 Å². The van der Waals surface area contributed by atoms with E-state index in [1.165, 1.54) is 12.1 Å². The van der Waals surface area contributed by atoms with Crippen molar-refractivity contribution in [2.24, 2.45) is 0 Å². The molecule has 2 aromatic rings. The number of hydrogen-bond acceptors (Lipinski definition) is 1. The molecule has 1 heterocycles. The molecule has 0 saturated heterocycles. The number of furan rings is 1.